The molecule has 0 saturated carbocycles. The van der Waals surface area contributed by atoms with Gasteiger partial charge in [0.15, 0.2) is 0 Å². The van der Waals surface area contributed by atoms with E-state index in [0.717, 1.165) is 16.5 Å². The molecule has 0 radical (unpaired) electrons. The van der Waals surface area contributed by atoms with Crippen LogP contribution in [0.15, 0.2) is 24.3 Å². The quantitative estimate of drug-likeness (QED) is 0.666. The van der Waals surface area contributed by atoms with Gasteiger partial charge >= 0.3 is 5.97 Å². The summed E-state index contributed by atoms with van der Waals surface area (Å²) in [5.41, 5.74) is 1.70. The molecule has 0 aliphatic rings. The molecule has 1 aromatic carbocycles. The normalized spacial score (nSPS) is 9.93. The van der Waals surface area contributed by atoms with Gasteiger partial charge in [-0.2, -0.15) is 0 Å². The van der Waals surface area contributed by atoms with Crippen molar-refractivity contribution < 1.29 is 9.90 Å². The lowest BCUT2D eigenvalue weighted by molar-refractivity contribution is 0.0691. The van der Waals surface area contributed by atoms with Gasteiger partial charge in [0.2, 0.25) is 0 Å². The van der Waals surface area contributed by atoms with Crippen LogP contribution in [0.25, 0.3) is 10.9 Å². The van der Waals surface area contributed by atoms with Crippen LogP contribution in [-0.4, -0.2) is 16.1 Å². The lowest BCUT2D eigenvalue weighted by Gasteiger charge is -1.90. The van der Waals surface area contributed by atoms with Gasteiger partial charge in [0.25, 0.3) is 0 Å². The van der Waals surface area contributed by atoms with Crippen molar-refractivity contribution in [3.8, 4) is 12.3 Å². The Labute approximate surface area is 80.4 Å². The smallest absolute Gasteiger partial charge is 0.352 e. The highest BCUT2D eigenvalue weighted by Gasteiger charge is 2.06. The monoisotopic (exact) mass is 185 g/mol. The van der Waals surface area contributed by atoms with Crippen molar-refractivity contribution in [2.45, 2.75) is 0 Å². The number of nitrogens with one attached hydrogen (secondary N) is 1. The standard InChI is InChI=1S/C11H7NO2/c1-2-7-3-4-9-8(5-7)6-10(12-9)11(13)14/h1,3-6,12H,(H,13,14). The number of benzene rings is 1. The van der Waals surface area contributed by atoms with Gasteiger partial charge in [-0.15, -0.1) is 6.42 Å². The van der Waals surface area contributed by atoms with Crippen molar-refractivity contribution in [2.75, 3.05) is 0 Å². The number of rotatable bonds is 1. The molecule has 0 bridgehead atoms. The Hall–Kier alpha value is -2.21. The minimum absolute atomic E-state index is 0.175. The van der Waals surface area contributed by atoms with Crippen LogP contribution in [0.3, 0.4) is 0 Å². The number of terminal acetylenes is 1. The Morgan fingerprint density at radius 1 is 1.43 bits per heavy atom. The average molecular weight is 185 g/mol. The summed E-state index contributed by atoms with van der Waals surface area (Å²) in [5.74, 6) is 1.53. The van der Waals surface area contributed by atoms with Crippen molar-refractivity contribution in [1.82, 2.24) is 4.98 Å². The minimum atomic E-state index is -0.969. The Balaban J connectivity index is 2.67. The lowest BCUT2D eigenvalue weighted by Crippen LogP contribution is -1.94. The van der Waals surface area contributed by atoms with Gasteiger partial charge in [0.05, 0.1) is 0 Å². The van der Waals surface area contributed by atoms with Crippen molar-refractivity contribution in [3.05, 3.63) is 35.5 Å². The van der Waals surface area contributed by atoms with E-state index in [2.05, 4.69) is 10.9 Å². The second kappa shape index (κ2) is 2.93. The SMILES string of the molecule is C#Cc1ccc2[nH]c(C(=O)O)cc2c1. The molecular formula is C11H7NO2. The van der Waals surface area contributed by atoms with Gasteiger partial charge in [-0.25, -0.2) is 4.79 Å². The molecule has 0 spiro atoms. The highest BCUT2D eigenvalue weighted by molar-refractivity contribution is 5.94. The van der Waals surface area contributed by atoms with Crippen LogP contribution >= 0.6 is 0 Å². The maximum Gasteiger partial charge on any atom is 0.352 e. The van der Waals surface area contributed by atoms with E-state index in [-0.39, 0.29) is 5.69 Å². The molecule has 1 aromatic heterocycles. The highest BCUT2D eigenvalue weighted by atomic mass is 16.4. The molecule has 14 heavy (non-hydrogen) atoms. The minimum Gasteiger partial charge on any atom is -0.477 e. The maximum absolute atomic E-state index is 10.7. The summed E-state index contributed by atoms with van der Waals surface area (Å²) in [5, 5.41) is 9.56. The number of hydrogen-bond acceptors (Lipinski definition) is 1. The molecule has 0 fully saturated rings. The van der Waals surface area contributed by atoms with Gasteiger partial charge in [-0.05, 0) is 24.3 Å². The predicted octanol–water partition coefficient (Wildman–Crippen LogP) is 1.85. The number of H-pyrrole nitrogens is 1. The topological polar surface area (TPSA) is 53.1 Å². The van der Waals surface area contributed by atoms with Crippen LogP contribution in [0.2, 0.25) is 0 Å². The third-order valence-electron chi connectivity index (χ3n) is 2.02. The Kier molecular flexibility index (Phi) is 1.76. The van der Waals surface area contributed by atoms with E-state index in [0.29, 0.717) is 0 Å². The molecular weight excluding hydrogens is 178 g/mol. The molecule has 0 amide bonds. The first kappa shape index (κ1) is 8.39. The van der Waals surface area contributed by atoms with E-state index >= 15 is 0 Å². The van der Waals surface area contributed by atoms with Gasteiger partial charge in [-0.3, -0.25) is 0 Å². The zero-order chi connectivity index (χ0) is 10.1. The molecule has 0 aliphatic heterocycles. The zero-order valence-electron chi connectivity index (χ0n) is 7.24. The van der Waals surface area contributed by atoms with Crippen LogP contribution in [0, 0.1) is 12.3 Å². The highest BCUT2D eigenvalue weighted by Crippen LogP contribution is 2.16. The zero-order valence-corrected chi connectivity index (χ0v) is 7.24. The first-order valence-corrected chi connectivity index (χ1v) is 4.03. The molecule has 3 heteroatoms. The lowest BCUT2D eigenvalue weighted by atomic mass is 10.2. The van der Waals surface area contributed by atoms with Crippen molar-refractivity contribution in [2.24, 2.45) is 0 Å². The van der Waals surface area contributed by atoms with E-state index in [1.54, 1.807) is 24.3 Å². The Bertz CT molecular complexity index is 546. The van der Waals surface area contributed by atoms with Crippen LogP contribution in [0.1, 0.15) is 16.1 Å². The molecule has 2 rings (SSSR count). The third kappa shape index (κ3) is 1.23. The molecule has 2 N–H and O–H groups in total. The van der Waals surface area contributed by atoms with E-state index in [1.165, 1.54) is 0 Å². The largest absolute Gasteiger partial charge is 0.477 e. The van der Waals surface area contributed by atoms with Crippen LogP contribution in [0.4, 0.5) is 0 Å². The Morgan fingerprint density at radius 2 is 2.21 bits per heavy atom. The number of carboxylic acids is 1. The summed E-state index contributed by atoms with van der Waals surface area (Å²) < 4.78 is 0. The molecule has 0 saturated heterocycles. The van der Waals surface area contributed by atoms with Gasteiger partial charge in [0, 0.05) is 16.5 Å². The fourth-order valence-corrected chi connectivity index (χ4v) is 1.34. The number of aromatic amines is 1. The fourth-order valence-electron chi connectivity index (χ4n) is 1.34. The van der Waals surface area contributed by atoms with E-state index in [9.17, 15) is 4.79 Å². The number of hydrogen-bond donors (Lipinski definition) is 2. The van der Waals surface area contributed by atoms with Crippen molar-refractivity contribution >= 4 is 16.9 Å². The van der Waals surface area contributed by atoms with Crippen LogP contribution < -0.4 is 0 Å². The van der Waals surface area contributed by atoms with Crippen LogP contribution in [0.5, 0.6) is 0 Å². The van der Waals surface area contributed by atoms with Crippen LogP contribution in [-0.2, 0) is 0 Å². The number of aromatic carboxylic acids is 1. The molecule has 0 atom stereocenters. The third-order valence-corrected chi connectivity index (χ3v) is 2.02. The molecule has 2 aromatic rings. The van der Waals surface area contributed by atoms with Crippen molar-refractivity contribution in [1.29, 1.82) is 0 Å². The first-order chi connectivity index (χ1) is 6.70. The van der Waals surface area contributed by atoms with Gasteiger partial charge < -0.3 is 10.1 Å². The fraction of sp³-hybridized carbons (Fsp3) is 0. The van der Waals surface area contributed by atoms with Gasteiger partial charge in [0.1, 0.15) is 5.69 Å². The van der Waals surface area contributed by atoms with E-state index in [4.69, 9.17) is 11.5 Å². The van der Waals surface area contributed by atoms with E-state index < -0.39 is 5.97 Å². The Morgan fingerprint density at radius 3 is 2.86 bits per heavy atom. The number of carboxylic acid groups (broad SMARTS) is 1. The molecule has 0 aliphatic carbocycles. The molecule has 1 heterocycles. The summed E-state index contributed by atoms with van der Waals surface area (Å²) in [4.78, 5) is 13.4. The summed E-state index contributed by atoms with van der Waals surface area (Å²) in [6.07, 6.45) is 5.23. The molecule has 0 unspecified atom stereocenters. The first-order valence-electron chi connectivity index (χ1n) is 4.03. The van der Waals surface area contributed by atoms with Crippen molar-refractivity contribution in [3.63, 3.8) is 0 Å². The number of fused-ring (bicyclic) bond motifs is 1. The summed E-state index contributed by atoms with van der Waals surface area (Å²) in [7, 11) is 0. The summed E-state index contributed by atoms with van der Waals surface area (Å²) in [6, 6.07) is 6.89. The predicted molar refractivity (Wildman–Crippen MR) is 53.2 cm³/mol. The second-order valence-electron chi connectivity index (χ2n) is 2.93. The van der Waals surface area contributed by atoms with Gasteiger partial charge in [-0.1, -0.05) is 5.92 Å². The maximum atomic E-state index is 10.7. The average Bonchev–Trinajstić information content (AvgIpc) is 2.59. The summed E-state index contributed by atoms with van der Waals surface area (Å²) in [6.45, 7) is 0. The van der Waals surface area contributed by atoms with E-state index in [1.807, 2.05) is 0 Å². The molecule has 68 valence electrons. The molecule has 3 nitrogen and oxygen atoms in total. The number of aromatic nitrogens is 1. The number of carbonyl (C=O) groups is 1. The second-order valence-corrected chi connectivity index (χ2v) is 2.93. The summed E-state index contributed by atoms with van der Waals surface area (Å²) >= 11 is 0.